The molecule has 71 heavy (non-hydrogen) atoms. The summed E-state index contributed by atoms with van der Waals surface area (Å²) in [5.74, 6) is -0.546. The van der Waals surface area contributed by atoms with E-state index in [4.69, 9.17) is 30.4 Å². The highest BCUT2D eigenvalue weighted by Gasteiger charge is 2.32. The first-order valence-corrected chi connectivity index (χ1v) is 27.7. The summed E-state index contributed by atoms with van der Waals surface area (Å²) in [6.07, 6.45) is 5.12. The third kappa shape index (κ3) is 12.4. The first-order valence-electron chi connectivity index (χ1n) is 24.1. The van der Waals surface area contributed by atoms with Gasteiger partial charge in [-0.15, -0.1) is 0 Å². The highest BCUT2D eigenvalue weighted by molar-refractivity contribution is 7.90. The van der Waals surface area contributed by atoms with Crippen LogP contribution in [-0.4, -0.2) is 131 Å². The predicted molar refractivity (Wildman–Crippen MR) is 279 cm³/mol. The summed E-state index contributed by atoms with van der Waals surface area (Å²) in [6.45, 7) is 14.3. The van der Waals surface area contributed by atoms with Crippen molar-refractivity contribution in [2.75, 3.05) is 107 Å². The van der Waals surface area contributed by atoms with Crippen LogP contribution in [0.15, 0.2) is 89.5 Å². The zero-order valence-corrected chi connectivity index (χ0v) is 43.4. The number of likely N-dealkylation sites (N-methyl/N-ethyl adjacent to an activating group) is 1. The number of rotatable bonds is 20. The number of hydrogen-bond acceptors (Lipinski definition) is 15. The number of nitrogens with one attached hydrogen (secondary N) is 3. The van der Waals surface area contributed by atoms with Gasteiger partial charge < -0.3 is 38.8 Å². The largest absolute Gasteiger partial charge is 0.474 e. The van der Waals surface area contributed by atoms with E-state index in [1.807, 2.05) is 53.2 Å². The van der Waals surface area contributed by atoms with Crippen LogP contribution in [0.4, 0.5) is 28.4 Å². The Kier molecular flexibility index (Phi) is 16.1. The van der Waals surface area contributed by atoms with Crippen molar-refractivity contribution in [3.63, 3.8) is 0 Å². The minimum atomic E-state index is -4.63. The highest BCUT2D eigenvalue weighted by Crippen LogP contribution is 2.48. The fraction of sp³-hybridized carbons (Fsp3) is 0.440. The number of benzene rings is 3. The first kappa shape index (κ1) is 51.8. The third-order valence-electron chi connectivity index (χ3n) is 13.3. The number of hydrogen-bond donors (Lipinski definition) is 3. The van der Waals surface area contributed by atoms with Crippen molar-refractivity contribution in [1.82, 2.24) is 24.5 Å². The SMILES string of the molecule is CCOP(=O)(CCN(C)CCNc1ccc(S(=O)(=O)NC(=O)c2ccc(N3CCN(CC4=C(c5ccc(Cl)cc5)CC(C)(C)CC4)CC3)cc2N2CCOc3nc4[nH]ccc4cc32)cc1[N+](=O)[O-])OCC. The van der Waals surface area contributed by atoms with Crippen molar-refractivity contribution in [2.24, 2.45) is 5.41 Å². The number of aromatic amines is 1. The molecule has 0 saturated carbocycles. The van der Waals surface area contributed by atoms with Gasteiger partial charge in [-0.05, 0) is 111 Å². The number of sulfonamides is 1. The third-order valence-corrected chi connectivity index (χ3v) is 16.9. The molecule has 0 unspecified atom stereocenters. The fourth-order valence-electron chi connectivity index (χ4n) is 9.45. The molecule has 1 saturated heterocycles. The molecule has 0 atom stereocenters. The molecule has 3 N–H and O–H groups in total. The van der Waals surface area contributed by atoms with Crippen LogP contribution in [0, 0.1) is 15.5 Å². The number of carbonyl (C=O) groups excluding carboxylic acids is 1. The van der Waals surface area contributed by atoms with Crippen molar-refractivity contribution in [2.45, 2.75) is 51.9 Å². The maximum Gasteiger partial charge on any atom is 0.331 e. The van der Waals surface area contributed by atoms with Crippen LogP contribution in [0.5, 0.6) is 5.88 Å². The average molecular weight is 1030 g/mol. The monoisotopic (exact) mass is 1030 g/mol. The molecule has 3 aliphatic rings. The summed E-state index contributed by atoms with van der Waals surface area (Å²) in [5, 5.41) is 16.9. The normalized spacial score (nSPS) is 16.5. The Morgan fingerprint density at radius 3 is 2.45 bits per heavy atom. The number of H-pyrrole nitrogens is 1. The summed E-state index contributed by atoms with van der Waals surface area (Å²) < 4.78 is 59.8. The van der Waals surface area contributed by atoms with Crippen molar-refractivity contribution in [1.29, 1.82) is 0 Å². The summed E-state index contributed by atoms with van der Waals surface area (Å²) in [4.78, 5) is 41.9. The molecule has 4 heterocycles. The van der Waals surface area contributed by atoms with E-state index >= 15 is 0 Å². The second-order valence-corrected chi connectivity index (χ2v) is 23.2. The summed E-state index contributed by atoms with van der Waals surface area (Å²) in [6, 6.07) is 20.8. The van der Waals surface area contributed by atoms with Crippen LogP contribution in [-0.2, 0) is 23.6 Å². The van der Waals surface area contributed by atoms with Crippen LogP contribution in [0.1, 0.15) is 62.9 Å². The maximum atomic E-state index is 14.4. The number of nitro benzene ring substituents is 1. The summed E-state index contributed by atoms with van der Waals surface area (Å²) >= 11 is 6.27. The molecule has 2 aromatic heterocycles. The average Bonchev–Trinajstić information content (AvgIpc) is 3.81. The molecule has 380 valence electrons. The molecule has 0 radical (unpaired) electrons. The summed E-state index contributed by atoms with van der Waals surface area (Å²) in [7, 11) is -6.07. The van der Waals surface area contributed by atoms with Crippen LogP contribution < -0.4 is 24.6 Å². The Morgan fingerprint density at radius 2 is 1.73 bits per heavy atom. The predicted octanol–water partition coefficient (Wildman–Crippen LogP) is 9.17. The molecule has 0 spiro atoms. The van der Waals surface area contributed by atoms with Crippen LogP contribution in [0.2, 0.25) is 5.02 Å². The van der Waals surface area contributed by atoms with Crippen molar-refractivity contribution in [3.05, 3.63) is 111 Å². The van der Waals surface area contributed by atoms with E-state index in [1.165, 1.54) is 28.8 Å². The minimum Gasteiger partial charge on any atom is -0.474 e. The number of halogens is 1. The zero-order valence-electron chi connectivity index (χ0n) is 40.9. The number of anilines is 4. The van der Waals surface area contributed by atoms with E-state index in [0.717, 1.165) is 74.1 Å². The number of allylic oxidation sites excluding steroid dienone is 1. The second-order valence-electron chi connectivity index (χ2n) is 18.9. The molecule has 0 bridgehead atoms. The standard InChI is InChI=1S/C50H63ClN9O9PS/c1-6-68-70(64,69-7-2)29-27-56(5)21-20-52-43-15-13-40(32-45(43)60(62)63)71(65,66)55-48(61)41-14-12-39(31-44(41)59-26-28-67-49-46(59)30-36-17-19-53-47(36)54-49)58-24-22-57(23-25-58)34-37-16-18-50(3,4)33-42(37)35-8-10-38(51)11-9-35/h8-15,17,19,30-32,52H,6-7,16,18,20-29,33-34H2,1-5H3,(H,53,54)(H,55,61). The van der Waals surface area contributed by atoms with Crippen molar-refractivity contribution < 1.29 is 36.5 Å². The number of piperazine rings is 1. The lowest BCUT2D eigenvalue weighted by molar-refractivity contribution is -0.384. The first-order chi connectivity index (χ1) is 33.9. The Hall–Kier alpha value is -5.53. The van der Waals surface area contributed by atoms with E-state index in [0.29, 0.717) is 42.5 Å². The molecule has 5 aromatic rings. The van der Waals surface area contributed by atoms with Crippen molar-refractivity contribution in [3.8, 4) is 5.88 Å². The van der Waals surface area contributed by atoms with Crippen molar-refractivity contribution >= 4 is 80.2 Å². The number of ether oxygens (including phenoxy) is 1. The van der Waals surface area contributed by atoms with Crippen LogP contribution in [0.25, 0.3) is 16.6 Å². The molecule has 1 aliphatic carbocycles. The van der Waals surface area contributed by atoms with E-state index < -0.39 is 39.0 Å². The van der Waals surface area contributed by atoms with Gasteiger partial charge in [0.25, 0.3) is 21.6 Å². The Morgan fingerprint density at radius 1 is 0.986 bits per heavy atom. The lowest BCUT2D eigenvalue weighted by atomic mass is 9.72. The minimum absolute atomic E-state index is 0.0793. The molecule has 2 aliphatic heterocycles. The second kappa shape index (κ2) is 22.1. The molecular weight excluding hydrogens is 969 g/mol. The van der Waals surface area contributed by atoms with E-state index in [1.54, 1.807) is 26.1 Å². The van der Waals surface area contributed by atoms with Gasteiger partial charge in [-0.1, -0.05) is 43.2 Å². The van der Waals surface area contributed by atoms with E-state index in [-0.39, 0.29) is 49.2 Å². The topological polar surface area (TPSA) is 205 Å². The maximum absolute atomic E-state index is 14.4. The van der Waals surface area contributed by atoms with E-state index in [2.05, 4.69) is 50.8 Å². The molecule has 21 heteroatoms. The van der Waals surface area contributed by atoms with Gasteiger partial charge in [0, 0.05) is 80.7 Å². The number of pyridine rings is 1. The number of nitrogens with zero attached hydrogens (tertiary/aromatic N) is 6. The van der Waals surface area contributed by atoms with Crippen LogP contribution in [0.3, 0.4) is 0 Å². The molecule has 3 aromatic carbocycles. The van der Waals surface area contributed by atoms with Gasteiger partial charge in [-0.3, -0.25) is 24.4 Å². The van der Waals surface area contributed by atoms with Gasteiger partial charge in [0.15, 0.2) is 0 Å². The quantitative estimate of drug-likeness (QED) is 0.0378. The number of nitro groups is 1. The van der Waals surface area contributed by atoms with Gasteiger partial charge in [0.05, 0.1) is 47.0 Å². The highest BCUT2D eigenvalue weighted by atomic mass is 35.5. The Labute approximate surface area is 420 Å². The number of aromatic nitrogens is 2. The lowest BCUT2D eigenvalue weighted by Gasteiger charge is -2.39. The van der Waals surface area contributed by atoms with Gasteiger partial charge in [-0.25, -0.2) is 13.1 Å². The van der Waals surface area contributed by atoms with Gasteiger partial charge in [0.1, 0.15) is 23.6 Å². The number of carbonyl (C=O) groups is 1. The zero-order chi connectivity index (χ0) is 50.5. The molecule has 1 fully saturated rings. The van der Waals surface area contributed by atoms with Gasteiger partial charge >= 0.3 is 7.60 Å². The smallest absolute Gasteiger partial charge is 0.331 e. The number of fused-ring (bicyclic) bond motifs is 2. The molecule has 18 nitrogen and oxygen atoms in total. The Bertz CT molecular complexity index is 2930. The van der Waals surface area contributed by atoms with E-state index in [9.17, 15) is 27.9 Å². The fourth-order valence-corrected chi connectivity index (χ4v) is 12.3. The molecule has 1 amide bonds. The molecule has 8 rings (SSSR count). The molecular formula is C50H63ClN9O9PS. The van der Waals surface area contributed by atoms with Gasteiger partial charge in [-0.2, -0.15) is 4.98 Å². The van der Waals surface area contributed by atoms with Gasteiger partial charge in [0.2, 0.25) is 5.88 Å². The lowest BCUT2D eigenvalue weighted by Crippen LogP contribution is -2.47. The van der Waals surface area contributed by atoms with Crippen LogP contribution >= 0.6 is 19.2 Å². The number of amides is 1. The summed E-state index contributed by atoms with van der Waals surface area (Å²) in [5.41, 5.74) is 6.57. The Balaban J connectivity index is 1.00.